The van der Waals surface area contributed by atoms with E-state index in [0.717, 1.165) is 25.7 Å². The molecule has 0 atom stereocenters. The minimum absolute atomic E-state index is 0.142. The second-order valence-corrected chi connectivity index (χ2v) is 2.58. The smallest absolute Gasteiger partial charge is 0.305 e. The molecule has 0 aromatic carbocycles. The fourth-order valence-corrected chi connectivity index (χ4v) is 0.801. The molecule has 0 fully saturated rings. The van der Waals surface area contributed by atoms with Crippen LogP contribution in [0.1, 0.15) is 32.1 Å². The average Bonchev–Trinajstić information content (AvgIpc) is 2.10. The Morgan fingerprint density at radius 2 is 2.08 bits per heavy atom. The number of unbranched alkanes of at least 4 members (excludes halogenated alkanes) is 2. The number of esters is 1. The third kappa shape index (κ3) is 7.32. The van der Waals surface area contributed by atoms with Crippen molar-refractivity contribution in [2.24, 2.45) is 0 Å². The molecule has 0 spiro atoms. The van der Waals surface area contributed by atoms with E-state index >= 15 is 0 Å². The Morgan fingerprint density at radius 3 is 2.67 bits per heavy atom. The fourth-order valence-electron chi connectivity index (χ4n) is 0.801. The van der Waals surface area contributed by atoms with Crippen LogP contribution < -0.4 is 0 Å². The summed E-state index contributed by atoms with van der Waals surface area (Å²) in [6, 6.07) is 0. The first kappa shape index (κ1) is 11.2. The molecule has 0 rings (SSSR count). The van der Waals surface area contributed by atoms with E-state index in [1.807, 2.05) is 6.08 Å². The molecule has 0 heterocycles. The largest absolute Gasteiger partial charge is 0.469 e. The number of allylic oxidation sites excluding steroid dienone is 2. The van der Waals surface area contributed by atoms with Crippen LogP contribution in [-0.2, 0) is 9.53 Å². The number of hydrogen-bond acceptors (Lipinski definition) is 2. The SMILES string of the molecule is [CH2]CCCC=CCCC(=O)OC. The van der Waals surface area contributed by atoms with Crippen LogP contribution in [0.2, 0.25) is 0 Å². The molecule has 0 aliphatic carbocycles. The van der Waals surface area contributed by atoms with Gasteiger partial charge in [-0.2, -0.15) is 0 Å². The second-order valence-electron chi connectivity index (χ2n) is 2.58. The molecule has 0 aliphatic rings. The fraction of sp³-hybridized carbons (Fsp3) is 0.600. The van der Waals surface area contributed by atoms with Crippen LogP contribution in [-0.4, -0.2) is 13.1 Å². The van der Waals surface area contributed by atoms with Crippen molar-refractivity contribution >= 4 is 5.97 Å². The minimum Gasteiger partial charge on any atom is -0.469 e. The van der Waals surface area contributed by atoms with Gasteiger partial charge in [-0.1, -0.05) is 25.5 Å². The highest BCUT2D eigenvalue weighted by atomic mass is 16.5. The van der Waals surface area contributed by atoms with Crippen LogP contribution in [0, 0.1) is 6.92 Å². The van der Waals surface area contributed by atoms with Crippen molar-refractivity contribution in [3.8, 4) is 0 Å². The van der Waals surface area contributed by atoms with Crippen molar-refractivity contribution in [3.05, 3.63) is 19.1 Å². The topological polar surface area (TPSA) is 26.3 Å². The van der Waals surface area contributed by atoms with Gasteiger partial charge in [0.1, 0.15) is 0 Å². The van der Waals surface area contributed by atoms with Crippen LogP contribution in [0.5, 0.6) is 0 Å². The lowest BCUT2D eigenvalue weighted by molar-refractivity contribution is -0.140. The van der Waals surface area contributed by atoms with E-state index in [1.165, 1.54) is 7.11 Å². The molecule has 2 nitrogen and oxygen atoms in total. The monoisotopic (exact) mass is 169 g/mol. The summed E-state index contributed by atoms with van der Waals surface area (Å²) >= 11 is 0. The van der Waals surface area contributed by atoms with Crippen LogP contribution in [0.25, 0.3) is 0 Å². The summed E-state index contributed by atoms with van der Waals surface area (Å²) in [7, 11) is 1.41. The number of hydrogen-bond donors (Lipinski definition) is 0. The highest BCUT2D eigenvalue weighted by molar-refractivity contribution is 5.69. The summed E-state index contributed by atoms with van der Waals surface area (Å²) in [5, 5.41) is 0. The quantitative estimate of drug-likeness (QED) is 0.347. The molecule has 0 saturated heterocycles. The minimum atomic E-state index is -0.142. The zero-order valence-corrected chi connectivity index (χ0v) is 7.71. The van der Waals surface area contributed by atoms with Gasteiger partial charge in [-0.3, -0.25) is 4.79 Å². The summed E-state index contributed by atoms with van der Waals surface area (Å²) in [5.74, 6) is -0.142. The Bertz CT molecular complexity index is 139. The van der Waals surface area contributed by atoms with Crippen molar-refractivity contribution in [1.29, 1.82) is 0 Å². The molecule has 0 N–H and O–H groups in total. The predicted molar refractivity (Wildman–Crippen MR) is 49.6 cm³/mol. The van der Waals surface area contributed by atoms with Gasteiger partial charge in [0.15, 0.2) is 0 Å². The lowest BCUT2D eigenvalue weighted by Gasteiger charge is -1.93. The van der Waals surface area contributed by atoms with E-state index < -0.39 is 0 Å². The lowest BCUT2D eigenvalue weighted by atomic mass is 10.2. The van der Waals surface area contributed by atoms with Crippen molar-refractivity contribution in [2.75, 3.05) is 7.11 Å². The van der Waals surface area contributed by atoms with Crippen LogP contribution in [0.4, 0.5) is 0 Å². The Labute approximate surface area is 74.6 Å². The molecule has 0 amide bonds. The van der Waals surface area contributed by atoms with Crippen LogP contribution in [0.3, 0.4) is 0 Å². The molecule has 0 aliphatic heterocycles. The first-order valence-corrected chi connectivity index (χ1v) is 4.32. The number of ether oxygens (including phenoxy) is 1. The van der Waals surface area contributed by atoms with Crippen molar-refractivity contribution < 1.29 is 9.53 Å². The first-order valence-electron chi connectivity index (χ1n) is 4.32. The third-order valence-electron chi connectivity index (χ3n) is 1.53. The summed E-state index contributed by atoms with van der Waals surface area (Å²) in [5.41, 5.74) is 0. The molecule has 2 heteroatoms. The number of rotatable bonds is 6. The molecule has 0 aromatic rings. The zero-order chi connectivity index (χ0) is 9.23. The van der Waals surface area contributed by atoms with E-state index in [0.29, 0.717) is 6.42 Å². The van der Waals surface area contributed by atoms with Crippen molar-refractivity contribution in [2.45, 2.75) is 32.1 Å². The second kappa shape index (κ2) is 8.31. The summed E-state index contributed by atoms with van der Waals surface area (Å²) in [6.07, 6.45) is 8.53. The number of carbonyl (C=O) groups excluding carboxylic acids is 1. The Kier molecular flexibility index (Phi) is 7.76. The maximum Gasteiger partial charge on any atom is 0.305 e. The van der Waals surface area contributed by atoms with E-state index in [1.54, 1.807) is 0 Å². The maximum absolute atomic E-state index is 10.6. The number of carbonyl (C=O) groups is 1. The molecular formula is C10H17O2. The summed E-state index contributed by atoms with van der Waals surface area (Å²) in [4.78, 5) is 10.6. The average molecular weight is 169 g/mol. The van der Waals surface area contributed by atoms with Crippen LogP contribution in [0.15, 0.2) is 12.2 Å². The van der Waals surface area contributed by atoms with Gasteiger partial charge in [0.2, 0.25) is 0 Å². The normalized spacial score (nSPS) is 10.5. The Balaban J connectivity index is 3.18. The van der Waals surface area contributed by atoms with Gasteiger partial charge >= 0.3 is 5.97 Å². The molecule has 0 aromatic heterocycles. The van der Waals surface area contributed by atoms with Crippen molar-refractivity contribution in [1.82, 2.24) is 0 Å². The van der Waals surface area contributed by atoms with E-state index in [2.05, 4.69) is 17.7 Å². The van der Waals surface area contributed by atoms with E-state index in [-0.39, 0.29) is 5.97 Å². The highest BCUT2D eigenvalue weighted by Gasteiger charge is 1.94. The third-order valence-corrected chi connectivity index (χ3v) is 1.53. The summed E-state index contributed by atoms with van der Waals surface area (Å²) < 4.78 is 4.50. The molecule has 0 bridgehead atoms. The molecule has 0 saturated carbocycles. The van der Waals surface area contributed by atoms with Gasteiger partial charge in [0.05, 0.1) is 7.11 Å². The molecule has 69 valence electrons. The standard InChI is InChI=1S/C10H17O2/c1-3-4-5-6-7-8-9-10(11)12-2/h6-7H,1,3-5,8-9H2,2H3. The zero-order valence-electron chi connectivity index (χ0n) is 7.71. The Morgan fingerprint density at radius 1 is 1.42 bits per heavy atom. The highest BCUT2D eigenvalue weighted by Crippen LogP contribution is 1.98. The first-order chi connectivity index (χ1) is 5.81. The lowest BCUT2D eigenvalue weighted by Crippen LogP contribution is -1.97. The van der Waals surface area contributed by atoms with Crippen LogP contribution >= 0.6 is 0 Å². The van der Waals surface area contributed by atoms with Gasteiger partial charge in [0.25, 0.3) is 0 Å². The molecule has 12 heavy (non-hydrogen) atoms. The van der Waals surface area contributed by atoms with Gasteiger partial charge in [0, 0.05) is 6.42 Å². The van der Waals surface area contributed by atoms with Gasteiger partial charge in [-0.15, -0.1) is 0 Å². The van der Waals surface area contributed by atoms with Gasteiger partial charge < -0.3 is 4.74 Å². The summed E-state index contributed by atoms with van der Waals surface area (Å²) in [6.45, 7) is 3.74. The predicted octanol–water partition coefficient (Wildman–Crippen LogP) is 2.50. The van der Waals surface area contributed by atoms with Gasteiger partial charge in [-0.25, -0.2) is 0 Å². The molecule has 0 unspecified atom stereocenters. The molecular weight excluding hydrogens is 152 g/mol. The Hall–Kier alpha value is -0.790. The molecule has 1 radical (unpaired) electrons. The van der Waals surface area contributed by atoms with E-state index in [9.17, 15) is 4.79 Å². The van der Waals surface area contributed by atoms with E-state index in [4.69, 9.17) is 0 Å². The maximum atomic E-state index is 10.6. The number of methoxy groups -OCH3 is 1. The van der Waals surface area contributed by atoms with Crippen molar-refractivity contribution in [3.63, 3.8) is 0 Å². The van der Waals surface area contributed by atoms with Gasteiger partial charge in [-0.05, 0) is 19.3 Å².